The number of pyridine rings is 1. The molecule has 0 fully saturated rings. The molecule has 0 aliphatic heterocycles. The zero-order valence-corrected chi connectivity index (χ0v) is 34.7. The maximum absolute atomic E-state index is 13.2. The number of nitrogens with one attached hydrogen (secondary N) is 1. The first-order valence-electron chi connectivity index (χ1n) is 17.6. The summed E-state index contributed by atoms with van der Waals surface area (Å²) in [4.78, 5) is 26.7. The van der Waals surface area contributed by atoms with E-state index in [1.54, 1.807) is 47.9 Å². The molecule has 4 aromatic heterocycles. The van der Waals surface area contributed by atoms with Crippen molar-refractivity contribution in [3.8, 4) is 34.0 Å². The van der Waals surface area contributed by atoms with Gasteiger partial charge in [0.05, 0.1) is 6.10 Å². The number of ether oxygens (including phenoxy) is 3. The molecule has 292 valence electrons. The number of aryl methyl sites for hydroxylation is 1. The summed E-state index contributed by atoms with van der Waals surface area (Å²) in [6, 6.07) is 4.31. The molecule has 0 amide bonds. The fourth-order valence-electron chi connectivity index (χ4n) is 4.90. The second-order valence-corrected chi connectivity index (χ2v) is 26.5. The van der Waals surface area contributed by atoms with Gasteiger partial charge in [-0.15, -0.1) is 0 Å². The van der Waals surface area contributed by atoms with Crippen LogP contribution in [0, 0.1) is 0 Å². The van der Waals surface area contributed by atoms with Crippen molar-refractivity contribution in [2.24, 2.45) is 14.1 Å². The first kappa shape index (κ1) is 41.8. The smallest absolute Gasteiger partial charge is 0.422 e. The Morgan fingerprint density at radius 2 is 1.64 bits per heavy atom. The number of rotatable bonds is 17. The van der Waals surface area contributed by atoms with Crippen molar-refractivity contribution in [1.82, 2.24) is 28.9 Å². The molecule has 1 N–H and O–H groups in total. The first-order chi connectivity index (χ1) is 24.5. The van der Waals surface area contributed by atoms with Gasteiger partial charge in [0.2, 0.25) is 0 Å². The average Bonchev–Trinajstić information content (AvgIpc) is 3.55. The van der Waals surface area contributed by atoms with Gasteiger partial charge in [-0.25, -0.2) is 15.0 Å². The number of hydrogen-bond acceptors (Lipinski definition) is 9. The molecular weight excluding hydrogens is 724 g/mol. The van der Waals surface area contributed by atoms with Crippen molar-refractivity contribution < 1.29 is 31.8 Å². The van der Waals surface area contributed by atoms with E-state index < -0.39 is 29.2 Å². The quantitative estimate of drug-likeness (QED) is 0.0836. The van der Waals surface area contributed by atoms with Gasteiger partial charge in [0, 0.05) is 90.0 Å². The van der Waals surface area contributed by atoms with Crippen molar-refractivity contribution in [3.05, 3.63) is 53.5 Å². The van der Waals surface area contributed by atoms with E-state index in [0.29, 0.717) is 53.7 Å². The van der Waals surface area contributed by atoms with Gasteiger partial charge in [0.1, 0.15) is 35.4 Å². The average molecular weight is 778 g/mol. The van der Waals surface area contributed by atoms with E-state index in [0.717, 1.165) is 6.04 Å². The fourth-order valence-corrected chi connectivity index (χ4v) is 6.72. The highest BCUT2D eigenvalue weighted by Gasteiger charge is 2.37. The van der Waals surface area contributed by atoms with E-state index in [-0.39, 0.29) is 35.0 Å². The van der Waals surface area contributed by atoms with Gasteiger partial charge in [-0.05, 0) is 37.2 Å². The van der Waals surface area contributed by atoms with E-state index >= 15 is 0 Å². The Hall–Kier alpha value is -3.94. The second kappa shape index (κ2) is 16.6. The van der Waals surface area contributed by atoms with Gasteiger partial charge in [0.15, 0.2) is 20.7 Å². The maximum Gasteiger partial charge on any atom is 0.422 e. The predicted molar refractivity (Wildman–Crippen MR) is 206 cm³/mol. The summed E-state index contributed by atoms with van der Waals surface area (Å²) in [7, 11) is 0.119. The number of nitrogens with zero attached hydrogens (tertiary/aromatic N) is 6. The molecular formula is C36H54F3N7O5Si2. The van der Waals surface area contributed by atoms with Crippen LogP contribution < -0.4 is 20.3 Å². The van der Waals surface area contributed by atoms with Crippen LogP contribution in [0.3, 0.4) is 0 Å². The van der Waals surface area contributed by atoms with Crippen LogP contribution in [0.25, 0.3) is 22.5 Å². The summed E-state index contributed by atoms with van der Waals surface area (Å²) in [5.74, 6) is 1.36. The van der Waals surface area contributed by atoms with Gasteiger partial charge < -0.3 is 28.5 Å². The van der Waals surface area contributed by atoms with Gasteiger partial charge in [0.25, 0.3) is 5.56 Å². The molecule has 4 heterocycles. The molecule has 4 rings (SSSR count). The molecule has 4 aromatic rings. The summed E-state index contributed by atoms with van der Waals surface area (Å²) in [6.45, 7) is 19.5. The summed E-state index contributed by atoms with van der Waals surface area (Å²) >= 11 is 0. The number of anilines is 2. The molecule has 0 radical (unpaired) electrons. The van der Waals surface area contributed by atoms with Crippen LogP contribution in [0.1, 0.15) is 34.1 Å². The number of aromatic nitrogens is 6. The minimum atomic E-state index is -4.51. The Morgan fingerprint density at radius 3 is 2.30 bits per heavy atom. The van der Waals surface area contributed by atoms with E-state index in [1.165, 1.54) is 23.3 Å². The van der Waals surface area contributed by atoms with Crippen molar-refractivity contribution in [3.63, 3.8) is 0 Å². The third kappa shape index (κ3) is 11.8. The van der Waals surface area contributed by atoms with Crippen LogP contribution in [0.5, 0.6) is 11.5 Å². The van der Waals surface area contributed by atoms with E-state index in [4.69, 9.17) is 18.6 Å². The lowest BCUT2D eigenvalue weighted by molar-refractivity contribution is -0.153. The van der Waals surface area contributed by atoms with Crippen molar-refractivity contribution in [2.75, 3.05) is 25.1 Å². The Bertz CT molecular complexity index is 1900. The van der Waals surface area contributed by atoms with E-state index in [1.807, 2.05) is 6.92 Å². The zero-order chi connectivity index (χ0) is 39.4. The lowest BCUT2D eigenvalue weighted by atomic mass is 10.1. The van der Waals surface area contributed by atoms with Crippen LogP contribution in [-0.2, 0) is 30.0 Å². The summed E-state index contributed by atoms with van der Waals surface area (Å²) in [5.41, 5.74) is 0.879. The Balaban J connectivity index is 1.60. The van der Waals surface area contributed by atoms with Crippen LogP contribution in [0.15, 0.2) is 47.9 Å². The minimum absolute atomic E-state index is 0.0431. The van der Waals surface area contributed by atoms with E-state index in [9.17, 15) is 18.0 Å². The van der Waals surface area contributed by atoms with Gasteiger partial charge in [-0.1, -0.05) is 40.4 Å². The Labute approximate surface area is 311 Å². The molecule has 1 unspecified atom stereocenters. The fraction of sp³-hybridized carbons (Fsp3) is 0.556. The van der Waals surface area contributed by atoms with E-state index in [2.05, 4.69) is 73.8 Å². The molecule has 12 nitrogen and oxygen atoms in total. The van der Waals surface area contributed by atoms with Crippen molar-refractivity contribution in [1.29, 1.82) is 0 Å². The number of halogens is 3. The molecule has 0 spiro atoms. The standard InChI is InChI=1S/C36H54F3N7O5Si2/c1-25(13-15-50-53(10,11)35(2,3)4)51-29-18-32(41-19-26(29)27-20-44(5)22-30(27)49-23-36(37,38)39)42-31-12-14-40-33(43-31)28-21-46(45(6)34(28)47)24-48-16-17-52(7,8)9/h12,14,18-22,25H,13,15-17,23-24H2,1-11H3,(H,40,41,42,43). The Kier molecular flexibility index (Phi) is 13.1. The first-order valence-corrected chi connectivity index (χ1v) is 24.3. The number of alkyl halides is 3. The molecule has 0 saturated carbocycles. The molecule has 17 heteroatoms. The third-order valence-electron chi connectivity index (χ3n) is 9.15. The monoisotopic (exact) mass is 777 g/mol. The Morgan fingerprint density at radius 1 is 0.925 bits per heavy atom. The third-order valence-corrected chi connectivity index (χ3v) is 15.4. The second-order valence-electron chi connectivity index (χ2n) is 16.0. The predicted octanol–water partition coefficient (Wildman–Crippen LogP) is 8.22. The maximum atomic E-state index is 13.2. The molecule has 0 aromatic carbocycles. The van der Waals surface area contributed by atoms with Crippen LogP contribution in [0.2, 0.25) is 43.8 Å². The highest BCUT2D eigenvalue weighted by Crippen LogP contribution is 2.40. The van der Waals surface area contributed by atoms with Gasteiger partial charge >= 0.3 is 6.18 Å². The minimum Gasteiger partial charge on any atom is -0.490 e. The topological polar surface area (TPSA) is 119 Å². The van der Waals surface area contributed by atoms with Crippen LogP contribution in [-0.4, -0.2) is 77.4 Å². The summed E-state index contributed by atoms with van der Waals surface area (Å²) in [6.07, 6.45) is 3.62. The van der Waals surface area contributed by atoms with Crippen molar-refractivity contribution in [2.45, 2.75) is 96.9 Å². The van der Waals surface area contributed by atoms with Gasteiger partial charge in [-0.3, -0.25) is 14.2 Å². The van der Waals surface area contributed by atoms with Gasteiger partial charge in [-0.2, -0.15) is 13.2 Å². The normalized spacial score (nSPS) is 13.3. The van der Waals surface area contributed by atoms with Crippen molar-refractivity contribution >= 4 is 28.0 Å². The van der Waals surface area contributed by atoms with Crippen LogP contribution >= 0.6 is 0 Å². The lowest BCUT2D eigenvalue weighted by Gasteiger charge is -2.36. The molecule has 0 bridgehead atoms. The summed E-state index contributed by atoms with van der Waals surface area (Å²) < 4.78 is 68.0. The molecule has 0 saturated heterocycles. The molecule has 0 aliphatic carbocycles. The zero-order valence-electron chi connectivity index (χ0n) is 32.7. The largest absolute Gasteiger partial charge is 0.490 e. The van der Waals surface area contributed by atoms with Crippen LogP contribution in [0.4, 0.5) is 24.8 Å². The lowest BCUT2D eigenvalue weighted by Crippen LogP contribution is -2.41. The summed E-state index contributed by atoms with van der Waals surface area (Å²) in [5, 5.41) is 3.22. The SMILES string of the molecule is CC(CCO[Si](C)(C)C(C)(C)C)Oc1cc(Nc2ccnc(-c3cn(COCC[Si](C)(C)C)n(C)c3=O)n2)ncc1-c1cn(C)cc1OCC(F)(F)F. The number of hydrogen-bond donors (Lipinski definition) is 1. The highest BCUT2D eigenvalue weighted by molar-refractivity contribution is 6.76. The highest BCUT2D eigenvalue weighted by atomic mass is 28.4. The molecule has 0 aliphatic rings. The molecule has 53 heavy (non-hydrogen) atoms. The molecule has 1 atom stereocenters.